The second-order valence-electron chi connectivity index (χ2n) is 3.37. The number of aromatic nitrogens is 5. The smallest absolute Gasteiger partial charge is 0.134 e. The Morgan fingerprint density at radius 2 is 2.29 bits per heavy atom. The molecule has 0 bridgehead atoms. The molecule has 0 amide bonds. The predicted molar refractivity (Wildman–Crippen MR) is 50.6 cm³/mol. The number of hydrogen-bond acceptors (Lipinski definition) is 3. The second-order valence-corrected chi connectivity index (χ2v) is 3.37. The second kappa shape index (κ2) is 3.25. The van der Waals surface area contributed by atoms with Crippen LogP contribution in [0, 0.1) is 13.1 Å². The van der Waals surface area contributed by atoms with Crippen LogP contribution in [-0.4, -0.2) is 24.8 Å². The van der Waals surface area contributed by atoms with Gasteiger partial charge in [-0.3, -0.25) is 4.68 Å². The van der Waals surface area contributed by atoms with Gasteiger partial charge in [0.2, 0.25) is 0 Å². The van der Waals surface area contributed by atoms with Crippen LogP contribution in [0.15, 0.2) is 12.4 Å². The van der Waals surface area contributed by atoms with Crippen molar-refractivity contribution >= 4 is 0 Å². The number of aryl methyl sites for hydroxylation is 2. The van der Waals surface area contributed by atoms with E-state index in [0.717, 1.165) is 11.3 Å². The molecule has 1 atom stereocenters. The highest BCUT2D eigenvalue weighted by Gasteiger charge is 2.14. The van der Waals surface area contributed by atoms with Gasteiger partial charge in [0.15, 0.2) is 0 Å². The minimum absolute atomic E-state index is 0.106. The van der Waals surface area contributed by atoms with E-state index in [2.05, 4.69) is 21.6 Å². The first-order valence-corrected chi connectivity index (χ1v) is 4.46. The predicted octanol–water partition coefficient (Wildman–Crippen LogP) is 0.730. The first-order valence-electron chi connectivity index (χ1n) is 4.46. The molecule has 1 unspecified atom stereocenters. The lowest BCUT2D eigenvalue weighted by Crippen LogP contribution is -2.09. The Labute approximate surface area is 82.4 Å². The van der Waals surface area contributed by atoms with Gasteiger partial charge < -0.3 is 0 Å². The molecule has 0 spiro atoms. The summed E-state index contributed by atoms with van der Waals surface area (Å²) in [5.74, 6) is 0. The van der Waals surface area contributed by atoms with Crippen molar-refractivity contribution in [3.8, 4) is 0 Å². The Bertz CT molecular complexity index is 414. The first kappa shape index (κ1) is 8.93. The number of rotatable bonds is 2. The molecule has 0 aliphatic rings. The Hall–Kier alpha value is -1.65. The van der Waals surface area contributed by atoms with Crippen LogP contribution in [0.2, 0.25) is 0 Å². The van der Waals surface area contributed by atoms with Crippen molar-refractivity contribution in [3.05, 3.63) is 29.8 Å². The summed E-state index contributed by atoms with van der Waals surface area (Å²) in [5.41, 5.74) is 2.18. The molecular formula is C9H12N5. The molecule has 2 rings (SSSR count). The van der Waals surface area contributed by atoms with Crippen LogP contribution in [0.1, 0.15) is 24.2 Å². The summed E-state index contributed by atoms with van der Waals surface area (Å²) in [6, 6.07) is 0.106. The van der Waals surface area contributed by atoms with Gasteiger partial charge in [-0.2, -0.15) is 5.10 Å². The maximum absolute atomic E-state index is 4.38. The van der Waals surface area contributed by atoms with Crippen molar-refractivity contribution < 1.29 is 0 Å². The molecule has 1 radical (unpaired) electrons. The van der Waals surface area contributed by atoms with Crippen molar-refractivity contribution in [1.29, 1.82) is 0 Å². The van der Waals surface area contributed by atoms with Crippen LogP contribution in [0.3, 0.4) is 0 Å². The van der Waals surface area contributed by atoms with Crippen molar-refractivity contribution in [2.24, 2.45) is 7.05 Å². The van der Waals surface area contributed by atoms with E-state index in [4.69, 9.17) is 0 Å². The van der Waals surface area contributed by atoms with E-state index in [1.807, 2.05) is 31.8 Å². The lowest BCUT2D eigenvalue weighted by Gasteiger charge is -2.08. The number of nitrogens with zero attached hydrogens (tertiary/aromatic N) is 5. The topological polar surface area (TPSA) is 48.5 Å². The molecule has 0 N–H and O–H groups in total. The number of hydrogen-bond donors (Lipinski definition) is 0. The molecule has 5 nitrogen and oxygen atoms in total. The third-order valence-corrected chi connectivity index (χ3v) is 2.24. The minimum atomic E-state index is 0.106. The van der Waals surface area contributed by atoms with E-state index in [1.54, 1.807) is 10.9 Å². The highest BCUT2D eigenvalue weighted by atomic mass is 15.4. The molecule has 0 saturated heterocycles. The lowest BCUT2D eigenvalue weighted by molar-refractivity contribution is 0.522. The Morgan fingerprint density at radius 1 is 1.50 bits per heavy atom. The molecule has 2 aromatic rings. The molecular weight excluding hydrogens is 178 g/mol. The first-order chi connectivity index (χ1) is 6.68. The summed E-state index contributed by atoms with van der Waals surface area (Å²) in [6.07, 6.45) is 6.39. The average molecular weight is 190 g/mol. The van der Waals surface area contributed by atoms with Crippen molar-refractivity contribution in [2.45, 2.75) is 19.9 Å². The summed E-state index contributed by atoms with van der Waals surface area (Å²) in [4.78, 5) is 0. The van der Waals surface area contributed by atoms with Crippen LogP contribution in [-0.2, 0) is 7.05 Å². The molecule has 0 saturated carbocycles. The van der Waals surface area contributed by atoms with Gasteiger partial charge in [-0.05, 0) is 19.4 Å². The SMILES string of the molecule is Cc1cn(C)nc1C(C)n1c[c]nn1. The fourth-order valence-corrected chi connectivity index (χ4v) is 1.54. The van der Waals surface area contributed by atoms with Crippen LogP contribution < -0.4 is 0 Å². The van der Waals surface area contributed by atoms with Crippen LogP contribution in [0.25, 0.3) is 0 Å². The van der Waals surface area contributed by atoms with Gasteiger partial charge in [0, 0.05) is 13.2 Å². The molecule has 5 heteroatoms. The zero-order chi connectivity index (χ0) is 10.1. The van der Waals surface area contributed by atoms with Gasteiger partial charge in [-0.25, -0.2) is 4.68 Å². The normalized spacial score (nSPS) is 13.1. The van der Waals surface area contributed by atoms with Crippen molar-refractivity contribution in [1.82, 2.24) is 24.8 Å². The molecule has 0 aliphatic carbocycles. The highest BCUT2D eigenvalue weighted by molar-refractivity contribution is 5.18. The van der Waals surface area contributed by atoms with Gasteiger partial charge in [-0.15, -0.1) is 5.10 Å². The van der Waals surface area contributed by atoms with E-state index in [0.29, 0.717) is 0 Å². The summed E-state index contributed by atoms with van der Waals surface area (Å²) in [5, 5.41) is 11.9. The van der Waals surface area contributed by atoms with Gasteiger partial charge in [-0.1, -0.05) is 5.21 Å². The van der Waals surface area contributed by atoms with Gasteiger partial charge in [0.25, 0.3) is 0 Å². The zero-order valence-corrected chi connectivity index (χ0v) is 8.47. The molecule has 2 heterocycles. The van der Waals surface area contributed by atoms with Crippen LogP contribution in [0.4, 0.5) is 0 Å². The van der Waals surface area contributed by atoms with Gasteiger partial charge in [0.1, 0.15) is 6.20 Å². The largest absolute Gasteiger partial charge is 0.275 e. The van der Waals surface area contributed by atoms with E-state index in [9.17, 15) is 0 Å². The molecule has 0 fully saturated rings. The molecule has 2 aromatic heterocycles. The maximum Gasteiger partial charge on any atom is 0.134 e. The third-order valence-electron chi connectivity index (χ3n) is 2.24. The van der Waals surface area contributed by atoms with E-state index in [1.165, 1.54) is 0 Å². The standard InChI is InChI=1S/C9H12N5/c1-7-6-13(3)11-9(7)8(2)14-5-4-10-12-14/h5-6,8H,1-3H3. The summed E-state index contributed by atoms with van der Waals surface area (Å²) in [6.45, 7) is 4.08. The molecule has 0 aliphatic heterocycles. The molecule has 14 heavy (non-hydrogen) atoms. The van der Waals surface area contributed by atoms with Crippen LogP contribution in [0.5, 0.6) is 0 Å². The van der Waals surface area contributed by atoms with Gasteiger partial charge in [0.05, 0.1) is 17.9 Å². The fraction of sp³-hybridized carbons (Fsp3) is 0.444. The van der Waals surface area contributed by atoms with Crippen molar-refractivity contribution in [2.75, 3.05) is 0 Å². The Balaban J connectivity index is 2.36. The summed E-state index contributed by atoms with van der Waals surface area (Å²) >= 11 is 0. The van der Waals surface area contributed by atoms with E-state index < -0.39 is 0 Å². The zero-order valence-electron chi connectivity index (χ0n) is 8.47. The van der Waals surface area contributed by atoms with Gasteiger partial charge >= 0.3 is 0 Å². The van der Waals surface area contributed by atoms with Crippen molar-refractivity contribution in [3.63, 3.8) is 0 Å². The quantitative estimate of drug-likeness (QED) is 0.701. The van der Waals surface area contributed by atoms with E-state index >= 15 is 0 Å². The monoisotopic (exact) mass is 190 g/mol. The van der Waals surface area contributed by atoms with E-state index in [-0.39, 0.29) is 6.04 Å². The maximum atomic E-state index is 4.38. The highest BCUT2D eigenvalue weighted by Crippen LogP contribution is 2.17. The molecule has 0 aromatic carbocycles. The minimum Gasteiger partial charge on any atom is -0.275 e. The summed E-state index contributed by atoms with van der Waals surface area (Å²) < 4.78 is 3.55. The summed E-state index contributed by atoms with van der Waals surface area (Å²) in [7, 11) is 1.91. The lowest BCUT2D eigenvalue weighted by atomic mass is 10.2. The fourth-order valence-electron chi connectivity index (χ4n) is 1.54. The Kier molecular flexibility index (Phi) is 2.07. The molecule has 73 valence electrons. The van der Waals surface area contributed by atoms with Crippen LogP contribution >= 0.6 is 0 Å². The Morgan fingerprint density at radius 3 is 2.79 bits per heavy atom. The third kappa shape index (κ3) is 1.41. The average Bonchev–Trinajstić information content (AvgIpc) is 2.73.